The molecule has 5 rings (SSSR count). The second-order valence-electron chi connectivity index (χ2n) is 7.76. The molecule has 0 spiro atoms. The molecule has 0 aliphatic heterocycles. The second kappa shape index (κ2) is 7.32. The molecular formula is C24H25N3O2. The Balaban J connectivity index is 1.29. The zero-order valence-corrected chi connectivity index (χ0v) is 16.6. The molecule has 4 aromatic rings. The number of aromatic nitrogens is 2. The molecule has 2 heterocycles. The van der Waals surface area contributed by atoms with E-state index in [1.807, 2.05) is 24.4 Å². The van der Waals surface area contributed by atoms with Crippen molar-refractivity contribution in [2.24, 2.45) is 0 Å². The van der Waals surface area contributed by atoms with Crippen LogP contribution in [-0.2, 0) is 17.8 Å². The molecule has 5 nitrogen and oxygen atoms in total. The summed E-state index contributed by atoms with van der Waals surface area (Å²) in [6.07, 6.45) is 5.65. The Morgan fingerprint density at radius 3 is 3.03 bits per heavy atom. The molecule has 29 heavy (non-hydrogen) atoms. The number of nitrogens with zero attached hydrogens (tertiary/aromatic N) is 1. The Morgan fingerprint density at radius 2 is 2.14 bits per heavy atom. The molecule has 1 atom stereocenters. The fourth-order valence-electron chi connectivity index (χ4n) is 4.55. The van der Waals surface area contributed by atoms with E-state index in [9.17, 15) is 4.79 Å². The number of nitrogens with one attached hydrogen (secondary N) is 2. The smallest absolute Gasteiger partial charge is 0.222 e. The van der Waals surface area contributed by atoms with Crippen LogP contribution < -0.4 is 10.1 Å². The normalized spacial score (nSPS) is 16.1. The summed E-state index contributed by atoms with van der Waals surface area (Å²) in [5.74, 6) is 0.941. The maximum Gasteiger partial charge on any atom is 0.222 e. The van der Waals surface area contributed by atoms with Crippen LogP contribution >= 0.6 is 0 Å². The Labute approximate surface area is 169 Å². The van der Waals surface area contributed by atoms with Crippen molar-refractivity contribution in [1.29, 1.82) is 0 Å². The van der Waals surface area contributed by atoms with E-state index in [-0.39, 0.29) is 11.9 Å². The number of benzene rings is 2. The molecule has 0 saturated heterocycles. The highest BCUT2D eigenvalue weighted by molar-refractivity contribution is 5.86. The first-order valence-corrected chi connectivity index (χ1v) is 10.2. The molecule has 0 bridgehead atoms. The summed E-state index contributed by atoms with van der Waals surface area (Å²) < 4.78 is 7.42. The van der Waals surface area contributed by atoms with E-state index in [0.29, 0.717) is 13.0 Å². The molecule has 0 fully saturated rings. The number of fused-ring (bicyclic) bond motifs is 4. The number of rotatable bonds is 5. The fourth-order valence-corrected chi connectivity index (χ4v) is 4.55. The predicted octanol–water partition coefficient (Wildman–Crippen LogP) is 4.72. The van der Waals surface area contributed by atoms with Crippen molar-refractivity contribution in [2.75, 3.05) is 7.11 Å². The number of hydrogen-bond donors (Lipinski definition) is 2. The molecule has 1 aliphatic carbocycles. The van der Waals surface area contributed by atoms with Crippen LogP contribution in [0.15, 0.2) is 54.7 Å². The van der Waals surface area contributed by atoms with Gasteiger partial charge in [0.2, 0.25) is 5.91 Å². The number of aromatic amines is 1. The monoisotopic (exact) mass is 387 g/mol. The summed E-state index contributed by atoms with van der Waals surface area (Å²) in [5.41, 5.74) is 4.83. The number of para-hydroxylation sites is 1. The lowest BCUT2D eigenvalue weighted by atomic mass is 9.91. The van der Waals surface area contributed by atoms with Gasteiger partial charge < -0.3 is 19.6 Å². The summed E-state index contributed by atoms with van der Waals surface area (Å²) in [6.45, 7) is 0.661. The van der Waals surface area contributed by atoms with Gasteiger partial charge in [0.05, 0.1) is 13.2 Å². The van der Waals surface area contributed by atoms with Gasteiger partial charge in [0, 0.05) is 46.7 Å². The number of ether oxygens (including phenoxy) is 1. The highest BCUT2D eigenvalue weighted by Gasteiger charge is 2.25. The standard InChI is InChI=1S/C24H25N3O2/c1-29-17-9-10-22-16(15-17)11-13-27(22)14-12-23(28)25-21-8-4-6-19-18-5-2-3-7-20(18)26-24(19)21/h2-3,5,7,9-11,13,15,21,26H,4,6,8,12,14H2,1H3,(H,25,28). The maximum absolute atomic E-state index is 12.7. The first kappa shape index (κ1) is 17.9. The van der Waals surface area contributed by atoms with Crippen LogP contribution in [0.2, 0.25) is 0 Å². The number of carbonyl (C=O) groups excluding carboxylic acids is 1. The van der Waals surface area contributed by atoms with E-state index in [1.165, 1.54) is 16.6 Å². The fraction of sp³-hybridized carbons (Fsp3) is 0.292. The number of aryl methyl sites for hydroxylation is 2. The highest BCUT2D eigenvalue weighted by atomic mass is 16.5. The van der Waals surface area contributed by atoms with Crippen molar-refractivity contribution in [3.8, 4) is 5.75 Å². The Bertz CT molecular complexity index is 1190. The molecule has 0 saturated carbocycles. The van der Waals surface area contributed by atoms with Gasteiger partial charge in [-0.2, -0.15) is 0 Å². The average Bonchev–Trinajstić information content (AvgIpc) is 3.33. The van der Waals surface area contributed by atoms with Gasteiger partial charge in [-0.05, 0) is 55.2 Å². The quantitative estimate of drug-likeness (QED) is 0.521. The molecule has 148 valence electrons. The lowest BCUT2D eigenvalue weighted by Gasteiger charge is -2.24. The summed E-state index contributed by atoms with van der Waals surface area (Å²) in [5, 5.41) is 5.67. The van der Waals surface area contributed by atoms with Crippen molar-refractivity contribution < 1.29 is 9.53 Å². The molecule has 2 aromatic heterocycles. The van der Waals surface area contributed by atoms with Crippen LogP contribution in [-0.4, -0.2) is 22.6 Å². The Hall–Kier alpha value is -3.21. The van der Waals surface area contributed by atoms with Gasteiger partial charge in [0.1, 0.15) is 5.75 Å². The Kier molecular flexibility index (Phi) is 4.51. The van der Waals surface area contributed by atoms with Crippen LogP contribution in [0.4, 0.5) is 0 Å². The summed E-state index contributed by atoms with van der Waals surface area (Å²) in [7, 11) is 1.67. The second-order valence-corrected chi connectivity index (χ2v) is 7.76. The predicted molar refractivity (Wildman–Crippen MR) is 115 cm³/mol. The van der Waals surface area contributed by atoms with E-state index in [0.717, 1.165) is 41.4 Å². The molecule has 1 aliphatic rings. The molecule has 5 heteroatoms. The Morgan fingerprint density at radius 1 is 1.24 bits per heavy atom. The molecule has 1 unspecified atom stereocenters. The minimum Gasteiger partial charge on any atom is -0.497 e. The topological polar surface area (TPSA) is 59.0 Å². The molecule has 1 amide bonds. The van der Waals surface area contributed by atoms with Crippen LogP contribution in [0, 0.1) is 0 Å². The van der Waals surface area contributed by atoms with Gasteiger partial charge in [0.15, 0.2) is 0 Å². The zero-order chi connectivity index (χ0) is 19.8. The van der Waals surface area contributed by atoms with Crippen LogP contribution in [0.25, 0.3) is 21.8 Å². The third-order valence-corrected chi connectivity index (χ3v) is 6.01. The van der Waals surface area contributed by atoms with Crippen LogP contribution in [0.3, 0.4) is 0 Å². The largest absolute Gasteiger partial charge is 0.497 e. The van der Waals surface area contributed by atoms with E-state index < -0.39 is 0 Å². The van der Waals surface area contributed by atoms with Gasteiger partial charge >= 0.3 is 0 Å². The van der Waals surface area contributed by atoms with Crippen molar-refractivity contribution in [1.82, 2.24) is 14.9 Å². The number of hydrogen-bond acceptors (Lipinski definition) is 2. The SMILES string of the molecule is COc1ccc2c(ccn2CCC(=O)NC2CCCc3c2[nH]c2ccccc32)c1. The molecule has 0 radical (unpaired) electrons. The van der Waals surface area contributed by atoms with E-state index in [4.69, 9.17) is 4.74 Å². The lowest BCUT2D eigenvalue weighted by molar-refractivity contribution is -0.122. The maximum atomic E-state index is 12.7. The van der Waals surface area contributed by atoms with E-state index in [2.05, 4.69) is 45.2 Å². The molecular weight excluding hydrogens is 362 g/mol. The van der Waals surface area contributed by atoms with Crippen molar-refractivity contribution in [2.45, 2.75) is 38.3 Å². The van der Waals surface area contributed by atoms with Crippen LogP contribution in [0.1, 0.15) is 36.6 Å². The minimum atomic E-state index is 0.0734. The molecule has 2 N–H and O–H groups in total. The lowest BCUT2D eigenvalue weighted by Crippen LogP contribution is -2.31. The van der Waals surface area contributed by atoms with Gasteiger partial charge in [-0.3, -0.25) is 4.79 Å². The van der Waals surface area contributed by atoms with Gasteiger partial charge in [-0.1, -0.05) is 18.2 Å². The van der Waals surface area contributed by atoms with E-state index >= 15 is 0 Å². The zero-order valence-electron chi connectivity index (χ0n) is 16.6. The number of methoxy groups -OCH3 is 1. The molecule has 2 aromatic carbocycles. The summed E-state index contributed by atoms with van der Waals surface area (Å²) in [4.78, 5) is 16.3. The minimum absolute atomic E-state index is 0.0734. The van der Waals surface area contributed by atoms with E-state index in [1.54, 1.807) is 7.11 Å². The van der Waals surface area contributed by atoms with Crippen molar-refractivity contribution in [3.63, 3.8) is 0 Å². The number of amides is 1. The summed E-state index contributed by atoms with van der Waals surface area (Å²) in [6, 6.07) is 16.6. The summed E-state index contributed by atoms with van der Waals surface area (Å²) >= 11 is 0. The number of carbonyl (C=O) groups is 1. The number of H-pyrrole nitrogens is 1. The van der Waals surface area contributed by atoms with Crippen molar-refractivity contribution in [3.05, 3.63) is 66.0 Å². The third kappa shape index (κ3) is 3.27. The van der Waals surface area contributed by atoms with Gasteiger partial charge in [-0.15, -0.1) is 0 Å². The first-order chi connectivity index (χ1) is 14.2. The van der Waals surface area contributed by atoms with Gasteiger partial charge in [0.25, 0.3) is 0 Å². The van der Waals surface area contributed by atoms with Crippen LogP contribution in [0.5, 0.6) is 5.75 Å². The highest BCUT2D eigenvalue weighted by Crippen LogP contribution is 2.34. The van der Waals surface area contributed by atoms with Crippen molar-refractivity contribution >= 4 is 27.7 Å². The van der Waals surface area contributed by atoms with Gasteiger partial charge in [-0.25, -0.2) is 0 Å². The average molecular weight is 387 g/mol. The third-order valence-electron chi connectivity index (χ3n) is 6.01. The first-order valence-electron chi connectivity index (χ1n) is 10.2.